The lowest BCUT2D eigenvalue weighted by molar-refractivity contribution is -0.121. The molecule has 0 saturated carbocycles. The van der Waals surface area contributed by atoms with Crippen LogP contribution in [0.3, 0.4) is 0 Å². The van der Waals surface area contributed by atoms with E-state index in [0.29, 0.717) is 19.8 Å². The van der Waals surface area contributed by atoms with Gasteiger partial charge in [0.2, 0.25) is 5.91 Å². The Bertz CT molecular complexity index is 646. The zero-order chi connectivity index (χ0) is 19.1. The number of imide groups is 1. The number of rotatable bonds is 7. The molecule has 2 rings (SSSR count). The molecular weight excluding hydrogens is 334 g/mol. The normalized spacial score (nSPS) is 13.9. The minimum atomic E-state index is -0.456. The first-order valence-corrected chi connectivity index (χ1v) is 9.17. The van der Waals surface area contributed by atoms with Crippen molar-refractivity contribution in [3.8, 4) is 11.5 Å². The van der Waals surface area contributed by atoms with Crippen LogP contribution in [0.5, 0.6) is 11.5 Å². The summed E-state index contributed by atoms with van der Waals surface area (Å²) in [4.78, 5) is 25.7. The lowest BCUT2D eigenvalue weighted by Gasteiger charge is -2.29. The average molecular weight is 363 g/mol. The molecule has 0 aliphatic carbocycles. The third-order valence-electron chi connectivity index (χ3n) is 4.00. The minimum absolute atomic E-state index is 0.0128. The van der Waals surface area contributed by atoms with E-state index in [9.17, 15) is 9.59 Å². The van der Waals surface area contributed by atoms with Crippen molar-refractivity contribution in [1.29, 1.82) is 0 Å². The topological polar surface area (TPSA) is 79.9 Å². The summed E-state index contributed by atoms with van der Waals surface area (Å²) in [6.07, 6.45) is 0.827. The maximum atomic E-state index is 12.1. The van der Waals surface area contributed by atoms with Crippen molar-refractivity contribution in [2.24, 2.45) is 0 Å². The molecule has 0 unspecified atom stereocenters. The smallest absolute Gasteiger partial charge is 0.321 e. The monoisotopic (exact) mass is 363 g/mol. The lowest BCUT2D eigenvalue weighted by Crippen LogP contribution is -2.47. The number of carbonyl (C=O) groups excluding carboxylic acids is 2. The summed E-state index contributed by atoms with van der Waals surface area (Å²) >= 11 is 0. The molecule has 0 fully saturated rings. The van der Waals surface area contributed by atoms with Crippen molar-refractivity contribution in [1.82, 2.24) is 15.5 Å². The Labute approximate surface area is 155 Å². The van der Waals surface area contributed by atoms with Gasteiger partial charge in [0, 0.05) is 19.1 Å². The van der Waals surface area contributed by atoms with E-state index in [2.05, 4.69) is 10.6 Å². The molecule has 0 spiro atoms. The number of carbonyl (C=O) groups is 2. The number of nitrogens with zero attached hydrogens (tertiary/aromatic N) is 1. The van der Waals surface area contributed by atoms with E-state index in [-0.39, 0.29) is 18.5 Å². The molecule has 0 atom stereocenters. The van der Waals surface area contributed by atoms with Crippen molar-refractivity contribution in [2.45, 2.75) is 46.7 Å². The second kappa shape index (κ2) is 9.43. The summed E-state index contributed by atoms with van der Waals surface area (Å²) in [5.41, 5.74) is 2.34. The zero-order valence-corrected chi connectivity index (χ0v) is 16.1. The molecule has 0 radical (unpaired) electrons. The van der Waals surface area contributed by atoms with Gasteiger partial charge in [-0.25, -0.2) is 4.79 Å². The Morgan fingerprint density at radius 1 is 1.12 bits per heavy atom. The highest BCUT2D eigenvalue weighted by Gasteiger charge is 2.22. The van der Waals surface area contributed by atoms with Crippen LogP contribution >= 0.6 is 0 Å². The number of hydrogen-bond acceptors (Lipinski definition) is 5. The molecule has 0 bridgehead atoms. The summed E-state index contributed by atoms with van der Waals surface area (Å²) < 4.78 is 11.4. The predicted octanol–water partition coefficient (Wildman–Crippen LogP) is 2.08. The highest BCUT2D eigenvalue weighted by atomic mass is 16.5. The number of ether oxygens (including phenoxy) is 2. The van der Waals surface area contributed by atoms with Gasteiger partial charge in [-0.2, -0.15) is 0 Å². The maximum Gasteiger partial charge on any atom is 0.321 e. The van der Waals surface area contributed by atoms with Gasteiger partial charge in [0.1, 0.15) is 0 Å². The van der Waals surface area contributed by atoms with Crippen LogP contribution < -0.4 is 20.1 Å². The SMILES string of the molecule is CCOc1cc2c(cc1OCC)CN(CC(=O)NC(=O)NC(C)C)CC2. The summed E-state index contributed by atoms with van der Waals surface area (Å²) in [6, 6.07) is 3.57. The Morgan fingerprint density at radius 2 is 1.73 bits per heavy atom. The first kappa shape index (κ1) is 20.0. The molecule has 1 aliphatic heterocycles. The van der Waals surface area contributed by atoms with Crippen LogP contribution in [0.4, 0.5) is 4.79 Å². The fourth-order valence-corrected chi connectivity index (χ4v) is 2.96. The number of fused-ring (bicyclic) bond motifs is 1. The van der Waals surface area contributed by atoms with E-state index in [0.717, 1.165) is 30.0 Å². The average Bonchev–Trinajstić information content (AvgIpc) is 2.55. The molecule has 1 aromatic carbocycles. The molecule has 144 valence electrons. The van der Waals surface area contributed by atoms with E-state index in [1.54, 1.807) is 0 Å². The molecule has 1 heterocycles. The number of hydrogen-bond donors (Lipinski definition) is 2. The van der Waals surface area contributed by atoms with Crippen molar-refractivity contribution < 1.29 is 19.1 Å². The standard InChI is InChI=1S/C19H29N3O4/c1-5-25-16-9-14-7-8-22(11-15(14)10-17(16)26-6-2)12-18(23)21-19(24)20-13(3)4/h9-10,13H,5-8,11-12H2,1-4H3,(H2,20,21,23,24). The van der Waals surface area contributed by atoms with Gasteiger partial charge in [0.05, 0.1) is 19.8 Å². The third-order valence-corrected chi connectivity index (χ3v) is 4.00. The van der Waals surface area contributed by atoms with E-state index in [1.807, 2.05) is 44.7 Å². The maximum absolute atomic E-state index is 12.1. The summed E-state index contributed by atoms with van der Waals surface area (Å²) in [5.74, 6) is 1.20. The van der Waals surface area contributed by atoms with Gasteiger partial charge in [-0.15, -0.1) is 0 Å². The van der Waals surface area contributed by atoms with Crippen LogP contribution in [0.1, 0.15) is 38.8 Å². The van der Waals surface area contributed by atoms with E-state index < -0.39 is 6.03 Å². The molecule has 26 heavy (non-hydrogen) atoms. The Hall–Kier alpha value is -2.28. The first-order valence-electron chi connectivity index (χ1n) is 9.17. The number of amides is 3. The summed E-state index contributed by atoms with van der Waals surface area (Å²) in [6.45, 7) is 10.3. The van der Waals surface area contributed by atoms with E-state index in [1.165, 1.54) is 5.56 Å². The molecule has 7 nitrogen and oxygen atoms in total. The Balaban J connectivity index is 2.00. The number of benzene rings is 1. The van der Waals surface area contributed by atoms with Crippen LogP contribution in [0.2, 0.25) is 0 Å². The van der Waals surface area contributed by atoms with Crippen LogP contribution in [0.15, 0.2) is 12.1 Å². The zero-order valence-electron chi connectivity index (χ0n) is 16.1. The molecular formula is C19H29N3O4. The number of urea groups is 1. The van der Waals surface area contributed by atoms with Crippen molar-refractivity contribution in [3.63, 3.8) is 0 Å². The molecule has 1 aromatic rings. The molecule has 2 N–H and O–H groups in total. The van der Waals surface area contributed by atoms with Crippen molar-refractivity contribution in [2.75, 3.05) is 26.3 Å². The highest BCUT2D eigenvalue weighted by Crippen LogP contribution is 2.33. The molecule has 0 saturated heterocycles. The molecule has 0 aromatic heterocycles. The van der Waals surface area contributed by atoms with E-state index in [4.69, 9.17) is 9.47 Å². The number of nitrogens with one attached hydrogen (secondary N) is 2. The second-order valence-corrected chi connectivity index (χ2v) is 6.57. The van der Waals surface area contributed by atoms with Gasteiger partial charge in [0.15, 0.2) is 11.5 Å². The molecule has 7 heteroatoms. The highest BCUT2D eigenvalue weighted by molar-refractivity contribution is 5.95. The van der Waals surface area contributed by atoms with E-state index >= 15 is 0 Å². The van der Waals surface area contributed by atoms with Crippen LogP contribution in [0, 0.1) is 0 Å². The van der Waals surface area contributed by atoms with Crippen LogP contribution in [0.25, 0.3) is 0 Å². The summed E-state index contributed by atoms with van der Waals surface area (Å²) in [5, 5.41) is 5.01. The quantitative estimate of drug-likeness (QED) is 0.775. The largest absolute Gasteiger partial charge is 0.490 e. The van der Waals surface area contributed by atoms with Gasteiger partial charge >= 0.3 is 6.03 Å². The summed E-state index contributed by atoms with van der Waals surface area (Å²) in [7, 11) is 0. The van der Waals surface area contributed by atoms with Crippen LogP contribution in [-0.2, 0) is 17.8 Å². The van der Waals surface area contributed by atoms with Crippen molar-refractivity contribution in [3.05, 3.63) is 23.3 Å². The Morgan fingerprint density at radius 3 is 2.31 bits per heavy atom. The van der Waals surface area contributed by atoms with Crippen molar-refractivity contribution >= 4 is 11.9 Å². The first-order chi connectivity index (χ1) is 12.4. The fourth-order valence-electron chi connectivity index (χ4n) is 2.96. The second-order valence-electron chi connectivity index (χ2n) is 6.57. The Kier molecular flexibility index (Phi) is 7.26. The fraction of sp³-hybridized carbons (Fsp3) is 0.579. The minimum Gasteiger partial charge on any atom is -0.490 e. The lowest BCUT2D eigenvalue weighted by atomic mass is 9.99. The van der Waals surface area contributed by atoms with Gasteiger partial charge in [0.25, 0.3) is 0 Å². The van der Waals surface area contributed by atoms with Gasteiger partial charge < -0.3 is 14.8 Å². The van der Waals surface area contributed by atoms with Crippen LogP contribution in [-0.4, -0.2) is 49.2 Å². The van der Waals surface area contributed by atoms with Gasteiger partial charge in [-0.05, 0) is 57.4 Å². The molecule has 3 amide bonds. The predicted molar refractivity (Wildman–Crippen MR) is 99.6 cm³/mol. The van der Waals surface area contributed by atoms with Gasteiger partial charge in [-0.3, -0.25) is 15.0 Å². The van der Waals surface area contributed by atoms with Gasteiger partial charge in [-0.1, -0.05) is 0 Å². The third kappa shape index (κ3) is 5.62. The molecule has 1 aliphatic rings.